The van der Waals surface area contributed by atoms with Gasteiger partial charge in [0.1, 0.15) is 12.2 Å². The van der Waals surface area contributed by atoms with Crippen molar-refractivity contribution < 1.29 is 4.79 Å². The molecule has 0 aliphatic heterocycles. The van der Waals surface area contributed by atoms with Crippen molar-refractivity contribution in [2.75, 3.05) is 5.75 Å². The molecule has 0 radical (unpaired) electrons. The predicted molar refractivity (Wildman–Crippen MR) is 85.5 cm³/mol. The second-order valence-corrected chi connectivity index (χ2v) is 6.62. The summed E-state index contributed by atoms with van der Waals surface area (Å²) in [6.45, 7) is 7.11. The van der Waals surface area contributed by atoms with Crippen molar-refractivity contribution >= 4 is 17.5 Å². The molecule has 0 atom stereocenters. The Morgan fingerprint density at radius 1 is 1.29 bits per heavy atom. The van der Waals surface area contributed by atoms with Gasteiger partial charge in [0.05, 0.1) is 12.2 Å². The van der Waals surface area contributed by atoms with Gasteiger partial charge in [0.15, 0.2) is 5.78 Å². The zero-order valence-corrected chi connectivity index (χ0v) is 13.6. The molecule has 2 rings (SSSR count). The zero-order chi connectivity index (χ0) is 15.2. The van der Waals surface area contributed by atoms with Crippen LogP contribution in [0.15, 0.2) is 35.5 Å². The summed E-state index contributed by atoms with van der Waals surface area (Å²) in [5.41, 5.74) is 1.23. The molecule has 0 saturated carbocycles. The molecule has 21 heavy (non-hydrogen) atoms. The molecule has 1 aromatic heterocycles. The van der Waals surface area contributed by atoms with Crippen LogP contribution in [-0.2, 0) is 17.8 Å². The highest BCUT2D eigenvalue weighted by Crippen LogP contribution is 2.18. The van der Waals surface area contributed by atoms with E-state index in [1.165, 1.54) is 11.9 Å². The molecule has 0 aliphatic carbocycles. The number of carbonyl (C=O) groups is 1. The van der Waals surface area contributed by atoms with Gasteiger partial charge in [-0.2, -0.15) is 5.10 Å². The minimum absolute atomic E-state index is 0.179. The minimum Gasteiger partial charge on any atom is -0.298 e. The summed E-state index contributed by atoms with van der Waals surface area (Å²) < 4.78 is 1.83. The maximum atomic E-state index is 12.1. The van der Waals surface area contributed by atoms with Gasteiger partial charge in [-0.05, 0) is 25.0 Å². The van der Waals surface area contributed by atoms with E-state index in [1.54, 1.807) is 11.8 Å². The molecule has 5 heteroatoms. The van der Waals surface area contributed by atoms with Crippen LogP contribution in [0.5, 0.6) is 0 Å². The summed E-state index contributed by atoms with van der Waals surface area (Å²) in [5, 5.41) is 4.18. The molecule has 2 aromatic rings. The van der Waals surface area contributed by atoms with E-state index in [2.05, 4.69) is 55.1 Å². The number of benzene rings is 1. The SMILES string of the molecule is Cc1ccc(SCC(=O)Cc2ncnn2CC(C)C)cc1. The Kier molecular flexibility index (Phi) is 5.56. The third-order valence-corrected chi connectivity index (χ3v) is 4.08. The second-order valence-electron chi connectivity index (χ2n) is 5.57. The fraction of sp³-hybridized carbons (Fsp3) is 0.438. The van der Waals surface area contributed by atoms with E-state index in [9.17, 15) is 4.79 Å². The average Bonchev–Trinajstić information content (AvgIpc) is 2.84. The fourth-order valence-corrected chi connectivity index (χ4v) is 2.71. The lowest BCUT2D eigenvalue weighted by Gasteiger charge is -2.08. The van der Waals surface area contributed by atoms with Crippen molar-refractivity contribution in [3.63, 3.8) is 0 Å². The van der Waals surface area contributed by atoms with Crippen LogP contribution in [0.25, 0.3) is 0 Å². The standard InChI is InChI=1S/C16H21N3OS/c1-12(2)9-19-16(17-11-18-19)8-14(20)10-21-15-6-4-13(3)5-7-15/h4-7,11-12H,8-10H2,1-3H3. The van der Waals surface area contributed by atoms with E-state index < -0.39 is 0 Å². The maximum absolute atomic E-state index is 12.1. The number of thioether (sulfide) groups is 1. The van der Waals surface area contributed by atoms with E-state index in [0.717, 1.165) is 17.3 Å². The summed E-state index contributed by atoms with van der Waals surface area (Å²) in [6.07, 6.45) is 1.88. The molecule has 0 N–H and O–H groups in total. The molecule has 0 spiro atoms. The van der Waals surface area contributed by atoms with Crippen molar-refractivity contribution in [1.82, 2.24) is 14.8 Å². The van der Waals surface area contributed by atoms with Crippen molar-refractivity contribution in [2.45, 2.75) is 38.6 Å². The Bertz CT molecular complexity index is 590. The van der Waals surface area contributed by atoms with Crippen molar-refractivity contribution in [3.05, 3.63) is 42.0 Å². The van der Waals surface area contributed by atoms with E-state index in [0.29, 0.717) is 18.1 Å². The van der Waals surface area contributed by atoms with Gasteiger partial charge in [0.2, 0.25) is 0 Å². The molecule has 0 amide bonds. The molecule has 0 saturated heterocycles. The molecule has 1 aromatic carbocycles. The van der Waals surface area contributed by atoms with Gasteiger partial charge in [-0.15, -0.1) is 11.8 Å². The first-order valence-corrected chi connectivity index (χ1v) is 8.11. The number of rotatable bonds is 7. The minimum atomic E-state index is 0.179. The topological polar surface area (TPSA) is 47.8 Å². The van der Waals surface area contributed by atoms with Gasteiger partial charge >= 0.3 is 0 Å². The third kappa shape index (κ3) is 5.01. The number of hydrogen-bond donors (Lipinski definition) is 0. The summed E-state index contributed by atoms with van der Waals surface area (Å²) >= 11 is 1.57. The van der Waals surface area contributed by atoms with Crippen LogP contribution in [0, 0.1) is 12.8 Å². The van der Waals surface area contributed by atoms with E-state index in [-0.39, 0.29) is 5.78 Å². The summed E-state index contributed by atoms with van der Waals surface area (Å²) in [5.74, 6) is 1.90. The summed E-state index contributed by atoms with van der Waals surface area (Å²) in [7, 11) is 0. The fourth-order valence-electron chi connectivity index (χ4n) is 1.95. The average molecular weight is 303 g/mol. The van der Waals surface area contributed by atoms with Gasteiger partial charge in [-0.3, -0.25) is 4.79 Å². The third-order valence-electron chi connectivity index (χ3n) is 3.01. The van der Waals surface area contributed by atoms with E-state index >= 15 is 0 Å². The lowest BCUT2D eigenvalue weighted by molar-refractivity contribution is -0.116. The van der Waals surface area contributed by atoms with Gasteiger partial charge in [0.25, 0.3) is 0 Å². The predicted octanol–water partition coefficient (Wildman–Crippen LogP) is 3.15. The van der Waals surface area contributed by atoms with Crippen LogP contribution in [0.3, 0.4) is 0 Å². The van der Waals surface area contributed by atoms with Gasteiger partial charge in [-0.1, -0.05) is 31.5 Å². The highest BCUT2D eigenvalue weighted by atomic mass is 32.2. The van der Waals surface area contributed by atoms with Crippen LogP contribution < -0.4 is 0 Å². The Balaban J connectivity index is 1.87. The number of nitrogens with zero attached hydrogens (tertiary/aromatic N) is 3. The smallest absolute Gasteiger partial charge is 0.150 e. The van der Waals surface area contributed by atoms with Crippen LogP contribution in [0.2, 0.25) is 0 Å². The zero-order valence-electron chi connectivity index (χ0n) is 12.7. The first-order valence-electron chi connectivity index (χ1n) is 7.12. The Morgan fingerprint density at radius 2 is 2.00 bits per heavy atom. The first kappa shape index (κ1) is 15.8. The summed E-state index contributed by atoms with van der Waals surface area (Å²) in [6, 6.07) is 8.22. The molecular weight excluding hydrogens is 282 g/mol. The largest absolute Gasteiger partial charge is 0.298 e. The number of aryl methyl sites for hydroxylation is 1. The molecule has 112 valence electrons. The van der Waals surface area contributed by atoms with Gasteiger partial charge in [0, 0.05) is 11.4 Å². The van der Waals surface area contributed by atoms with Crippen molar-refractivity contribution in [3.8, 4) is 0 Å². The van der Waals surface area contributed by atoms with E-state index in [4.69, 9.17) is 0 Å². The maximum Gasteiger partial charge on any atom is 0.150 e. The number of hydrogen-bond acceptors (Lipinski definition) is 4. The van der Waals surface area contributed by atoms with Crippen molar-refractivity contribution in [1.29, 1.82) is 0 Å². The lowest BCUT2D eigenvalue weighted by Crippen LogP contribution is -2.15. The normalized spacial score (nSPS) is 11.0. The molecule has 0 bridgehead atoms. The molecule has 1 heterocycles. The Hall–Kier alpha value is -1.62. The van der Waals surface area contributed by atoms with Crippen LogP contribution in [0.1, 0.15) is 25.2 Å². The summed E-state index contributed by atoms with van der Waals surface area (Å²) in [4.78, 5) is 17.4. The molecule has 0 aliphatic rings. The Morgan fingerprint density at radius 3 is 2.67 bits per heavy atom. The highest BCUT2D eigenvalue weighted by Gasteiger charge is 2.11. The molecular formula is C16H21N3OS. The van der Waals surface area contributed by atoms with Crippen LogP contribution in [0.4, 0.5) is 0 Å². The second kappa shape index (κ2) is 7.41. The number of Topliss-reactive ketones (excluding diaryl/α,β-unsaturated/α-hetero) is 1. The quantitative estimate of drug-likeness (QED) is 0.737. The molecule has 4 nitrogen and oxygen atoms in total. The van der Waals surface area contributed by atoms with Gasteiger partial charge < -0.3 is 0 Å². The van der Waals surface area contributed by atoms with Crippen LogP contribution in [-0.4, -0.2) is 26.3 Å². The number of carbonyl (C=O) groups excluding carboxylic acids is 1. The molecule has 0 unspecified atom stereocenters. The lowest BCUT2D eigenvalue weighted by atomic mass is 10.2. The Labute approximate surface area is 130 Å². The number of aromatic nitrogens is 3. The monoisotopic (exact) mass is 303 g/mol. The number of ketones is 1. The van der Waals surface area contributed by atoms with Gasteiger partial charge in [-0.25, -0.2) is 9.67 Å². The van der Waals surface area contributed by atoms with Crippen molar-refractivity contribution in [2.24, 2.45) is 5.92 Å². The highest BCUT2D eigenvalue weighted by molar-refractivity contribution is 8.00. The van der Waals surface area contributed by atoms with E-state index in [1.807, 2.05) is 4.68 Å². The van der Waals surface area contributed by atoms with Crippen LogP contribution >= 0.6 is 11.8 Å². The molecule has 0 fully saturated rings. The first-order chi connectivity index (χ1) is 10.0.